The number of carbonyl (C=O) groups excluding carboxylic acids is 2. The molecule has 156 valence electrons. The third-order valence-corrected chi connectivity index (χ3v) is 3.03. The number of alkyl halides is 6. The van der Waals surface area contributed by atoms with E-state index in [1.54, 1.807) is 6.92 Å². The van der Waals surface area contributed by atoms with Crippen molar-refractivity contribution in [1.29, 1.82) is 0 Å². The van der Waals surface area contributed by atoms with Gasteiger partial charge in [0.15, 0.2) is 0 Å². The summed E-state index contributed by atoms with van der Waals surface area (Å²) in [6, 6.07) is -0.663. The molecule has 27 heavy (non-hydrogen) atoms. The van der Waals surface area contributed by atoms with Gasteiger partial charge in [0.2, 0.25) is 0 Å². The second-order valence-electron chi connectivity index (χ2n) is 5.33. The number of carboxylic acids is 2. The van der Waals surface area contributed by atoms with Crippen molar-refractivity contribution in [2.75, 3.05) is 0 Å². The minimum atomic E-state index is -5.08. The van der Waals surface area contributed by atoms with Crippen molar-refractivity contribution >= 4 is 23.9 Å². The molecular weight excluding hydrogens is 396 g/mol. The fourth-order valence-electron chi connectivity index (χ4n) is 1.79. The number of amides is 3. The Morgan fingerprint density at radius 2 is 1.41 bits per heavy atom. The first-order valence-corrected chi connectivity index (χ1v) is 6.99. The standard InChI is InChI=1S/C8H13N3O2.2C2HF3O2/c1-4(9)11-6(5-2-3-5)7(12)10-8(11)13;2*3-2(4,5)1(6)7/h4-6H,2-3,9H2,1H3,(H,10,12,13);2*(H,6,7)/t4-,6?;;/m1../s1. The molecule has 1 unspecified atom stereocenters. The van der Waals surface area contributed by atoms with E-state index >= 15 is 0 Å². The van der Waals surface area contributed by atoms with Gasteiger partial charge in [-0.05, 0) is 25.7 Å². The second-order valence-corrected chi connectivity index (χ2v) is 5.33. The van der Waals surface area contributed by atoms with Crippen molar-refractivity contribution in [3.05, 3.63) is 0 Å². The Balaban J connectivity index is 0.000000416. The average Bonchev–Trinajstić information content (AvgIpc) is 3.22. The molecule has 2 atom stereocenters. The molecule has 0 aromatic rings. The van der Waals surface area contributed by atoms with Crippen molar-refractivity contribution < 1.29 is 55.7 Å². The summed E-state index contributed by atoms with van der Waals surface area (Å²) in [6.07, 6.45) is -8.51. The van der Waals surface area contributed by atoms with Crippen LogP contribution in [0.5, 0.6) is 0 Å². The van der Waals surface area contributed by atoms with E-state index < -0.39 is 30.5 Å². The molecule has 2 aliphatic rings. The molecule has 1 heterocycles. The van der Waals surface area contributed by atoms with E-state index in [2.05, 4.69) is 5.32 Å². The van der Waals surface area contributed by atoms with Crippen molar-refractivity contribution in [3.8, 4) is 0 Å². The van der Waals surface area contributed by atoms with Crippen LogP contribution >= 0.6 is 0 Å². The van der Waals surface area contributed by atoms with E-state index in [4.69, 9.17) is 25.5 Å². The van der Waals surface area contributed by atoms with Crippen molar-refractivity contribution in [3.63, 3.8) is 0 Å². The van der Waals surface area contributed by atoms with Gasteiger partial charge < -0.3 is 15.9 Å². The number of imide groups is 1. The smallest absolute Gasteiger partial charge is 0.475 e. The van der Waals surface area contributed by atoms with Gasteiger partial charge in [-0.25, -0.2) is 14.4 Å². The number of rotatable bonds is 2. The molecule has 0 radical (unpaired) electrons. The summed E-state index contributed by atoms with van der Waals surface area (Å²) in [6.45, 7) is 1.72. The summed E-state index contributed by atoms with van der Waals surface area (Å²) in [7, 11) is 0. The number of halogens is 6. The third-order valence-electron chi connectivity index (χ3n) is 3.03. The first kappa shape index (κ1) is 24.4. The first-order valence-electron chi connectivity index (χ1n) is 6.99. The van der Waals surface area contributed by atoms with E-state index in [1.165, 1.54) is 4.90 Å². The van der Waals surface area contributed by atoms with Crippen molar-refractivity contribution in [2.24, 2.45) is 11.7 Å². The van der Waals surface area contributed by atoms with Crippen LogP contribution in [-0.4, -0.2) is 63.6 Å². The molecule has 0 bridgehead atoms. The van der Waals surface area contributed by atoms with Gasteiger partial charge in [0.1, 0.15) is 6.04 Å². The maximum atomic E-state index is 11.4. The van der Waals surface area contributed by atoms with Crippen molar-refractivity contribution in [1.82, 2.24) is 10.2 Å². The first-order chi connectivity index (χ1) is 12.0. The Kier molecular flexibility index (Phi) is 8.03. The number of nitrogens with zero attached hydrogens (tertiary/aromatic N) is 1. The summed E-state index contributed by atoms with van der Waals surface area (Å²) < 4.78 is 63.5. The third kappa shape index (κ3) is 8.10. The monoisotopic (exact) mass is 411 g/mol. The molecule has 0 spiro atoms. The molecule has 1 saturated heterocycles. The minimum Gasteiger partial charge on any atom is -0.475 e. The SMILES string of the molecule is C[C@H](N)N1C(=O)NC(=O)C1C1CC1.O=C(O)C(F)(F)F.O=C(O)C(F)(F)F. The van der Waals surface area contributed by atoms with Gasteiger partial charge in [-0.2, -0.15) is 26.3 Å². The summed E-state index contributed by atoms with van der Waals surface area (Å²) in [5.74, 6) is -5.37. The van der Waals surface area contributed by atoms with Crippen molar-refractivity contribution in [2.45, 2.75) is 44.3 Å². The highest BCUT2D eigenvalue weighted by Gasteiger charge is 2.48. The normalized spacial score (nSPS) is 20.6. The van der Waals surface area contributed by atoms with Crippen LogP contribution in [0.4, 0.5) is 31.1 Å². The lowest BCUT2D eigenvalue weighted by Gasteiger charge is -2.24. The van der Waals surface area contributed by atoms with E-state index in [-0.39, 0.29) is 18.0 Å². The number of aliphatic carboxylic acids is 2. The van der Waals surface area contributed by atoms with E-state index in [1.807, 2.05) is 0 Å². The zero-order valence-electron chi connectivity index (χ0n) is 13.5. The van der Waals surface area contributed by atoms with Crippen LogP contribution in [-0.2, 0) is 14.4 Å². The molecule has 5 N–H and O–H groups in total. The lowest BCUT2D eigenvalue weighted by molar-refractivity contribution is -0.193. The van der Waals surface area contributed by atoms with Crippen LogP contribution in [0.3, 0.4) is 0 Å². The van der Waals surface area contributed by atoms with Crippen LogP contribution < -0.4 is 11.1 Å². The van der Waals surface area contributed by atoms with Crippen LogP contribution in [0.15, 0.2) is 0 Å². The molecule has 0 aromatic carbocycles. The molecule has 1 aliphatic carbocycles. The molecule has 15 heteroatoms. The summed E-state index contributed by atoms with van der Waals surface area (Å²) in [5, 5.41) is 16.5. The zero-order valence-corrected chi connectivity index (χ0v) is 13.5. The molecule has 9 nitrogen and oxygen atoms in total. The maximum Gasteiger partial charge on any atom is 0.490 e. The van der Waals surface area contributed by atoms with Crippen LogP contribution in [0.2, 0.25) is 0 Å². The van der Waals surface area contributed by atoms with Gasteiger partial charge in [0.05, 0.1) is 6.17 Å². The molecule has 1 aliphatic heterocycles. The second kappa shape index (κ2) is 8.88. The average molecular weight is 411 g/mol. The number of hydrogen-bond acceptors (Lipinski definition) is 5. The quantitative estimate of drug-likeness (QED) is 0.389. The minimum absolute atomic E-state index is 0.190. The van der Waals surface area contributed by atoms with Gasteiger partial charge >= 0.3 is 30.3 Å². The Morgan fingerprint density at radius 3 is 1.63 bits per heavy atom. The Hall–Kier alpha value is -2.58. The Labute approximate surface area is 147 Å². The fourth-order valence-corrected chi connectivity index (χ4v) is 1.79. The number of urea groups is 1. The number of carbonyl (C=O) groups is 4. The molecular formula is C12H15F6N3O6. The molecule has 3 amide bonds. The summed E-state index contributed by atoms with van der Waals surface area (Å²) in [5.41, 5.74) is 5.62. The predicted molar refractivity (Wildman–Crippen MR) is 72.9 cm³/mol. The van der Waals surface area contributed by atoms with E-state index in [9.17, 15) is 35.9 Å². The van der Waals surface area contributed by atoms with Crippen LogP contribution in [0.1, 0.15) is 19.8 Å². The highest BCUT2D eigenvalue weighted by Crippen LogP contribution is 2.37. The fraction of sp³-hybridized carbons (Fsp3) is 0.667. The van der Waals surface area contributed by atoms with E-state index in [0.29, 0.717) is 5.92 Å². The zero-order chi connectivity index (χ0) is 21.7. The molecule has 1 saturated carbocycles. The number of nitrogens with one attached hydrogen (secondary N) is 1. The molecule has 2 fully saturated rings. The topological polar surface area (TPSA) is 150 Å². The molecule has 2 rings (SSSR count). The highest BCUT2D eigenvalue weighted by molar-refractivity contribution is 6.04. The van der Waals surface area contributed by atoms with Crippen LogP contribution in [0.25, 0.3) is 0 Å². The van der Waals surface area contributed by atoms with E-state index in [0.717, 1.165) is 12.8 Å². The Bertz CT molecular complexity index is 545. The summed E-state index contributed by atoms with van der Waals surface area (Å²) in [4.78, 5) is 41.9. The highest BCUT2D eigenvalue weighted by atomic mass is 19.4. The number of hydrogen-bond donors (Lipinski definition) is 4. The largest absolute Gasteiger partial charge is 0.490 e. The van der Waals surface area contributed by atoms with Gasteiger partial charge in [-0.3, -0.25) is 15.0 Å². The van der Waals surface area contributed by atoms with Gasteiger partial charge in [-0.1, -0.05) is 0 Å². The maximum absolute atomic E-state index is 11.4. The summed E-state index contributed by atoms with van der Waals surface area (Å²) >= 11 is 0. The van der Waals surface area contributed by atoms with Crippen LogP contribution in [0, 0.1) is 5.92 Å². The van der Waals surface area contributed by atoms with Gasteiger partial charge in [-0.15, -0.1) is 0 Å². The predicted octanol–water partition coefficient (Wildman–Crippen LogP) is 0.888. The molecule has 0 aromatic heterocycles. The Morgan fingerprint density at radius 1 is 1.07 bits per heavy atom. The number of carboxylic acid groups (broad SMARTS) is 2. The van der Waals surface area contributed by atoms with Gasteiger partial charge in [0, 0.05) is 0 Å². The van der Waals surface area contributed by atoms with Gasteiger partial charge in [0.25, 0.3) is 5.91 Å². The number of nitrogens with two attached hydrogens (primary N) is 1. The lowest BCUT2D eigenvalue weighted by Crippen LogP contribution is -2.47. The lowest BCUT2D eigenvalue weighted by atomic mass is 10.1.